The van der Waals surface area contributed by atoms with Gasteiger partial charge in [0.1, 0.15) is 11.5 Å². The molecule has 2 aromatic rings. The SMILES string of the molecule is COc1cc(OC)cc(C(=O)N/N=C(/C)c2ccccn2)c1. The van der Waals surface area contributed by atoms with Crippen molar-refractivity contribution in [2.75, 3.05) is 14.2 Å². The molecule has 22 heavy (non-hydrogen) atoms. The van der Waals surface area contributed by atoms with E-state index >= 15 is 0 Å². The fraction of sp³-hybridized carbons (Fsp3) is 0.188. The molecule has 0 saturated heterocycles. The number of amides is 1. The third kappa shape index (κ3) is 3.82. The van der Waals surface area contributed by atoms with Crippen LogP contribution in [-0.2, 0) is 0 Å². The van der Waals surface area contributed by atoms with Crippen LogP contribution in [0.3, 0.4) is 0 Å². The van der Waals surface area contributed by atoms with E-state index in [-0.39, 0.29) is 5.91 Å². The van der Waals surface area contributed by atoms with Crippen LogP contribution in [0.1, 0.15) is 23.0 Å². The molecule has 0 fully saturated rings. The smallest absolute Gasteiger partial charge is 0.271 e. The number of ether oxygens (including phenoxy) is 2. The minimum Gasteiger partial charge on any atom is -0.497 e. The van der Waals surface area contributed by atoms with Gasteiger partial charge >= 0.3 is 0 Å². The van der Waals surface area contributed by atoms with Gasteiger partial charge in [0.05, 0.1) is 25.6 Å². The molecule has 1 aromatic heterocycles. The van der Waals surface area contributed by atoms with Crippen molar-refractivity contribution >= 4 is 11.6 Å². The summed E-state index contributed by atoms with van der Waals surface area (Å²) in [5, 5.41) is 4.05. The number of carbonyl (C=O) groups excluding carboxylic acids is 1. The minimum absolute atomic E-state index is 0.354. The van der Waals surface area contributed by atoms with E-state index < -0.39 is 0 Å². The van der Waals surface area contributed by atoms with Gasteiger partial charge in [0.25, 0.3) is 5.91 Å². The maximum atomic E-state index is 12.2. The van der Waals surface area contributed by atoms with E-state index in [0.717, 1.165) is 0 Å². The summed E-state index contributed by atoms with van der Waals surface area (Å²) in [7, 11) is 3.06. The molecule has 0 unspecified atom stereocenters. The molecule has 0 atom stereocenters. The summed E-state index contributed by atoms with van der Waals surface area (Å²) >= 11 is 0. The molecule has 0 saturated carbocycles. The largest absolute Gasteiger partial charge is 0.497 e. The van der Waals surface area contributed by atoms with Gasteiger partial charge in [-0.15, -0.1) is 0 Å². The molecule has 1 amide bonds. The third-order valence-corrected chi connectivity index (χ3v) is 2.97. The highest BCUT2D eigenvalue weighted by Crippen LogP contribution is 2.22. The van der Waals surface area contributed by atoms with E-state index in [1.807, 2.05) is 18.2 Å². The second kappa shape index (κ2) is 7.21. The molecule has 6 heteroatoms. The highest BCUT2D eigenvalue weighted by molar-refractivity contribution is 5.99. The standard InChI is InChI=1S/C16H17N3O3/c1-11(15-6-4-5-7-17-15)18-19-16(20)12-8-13(21-2)10-14(9-12)22-3/h4-10H,1-3H3,(H,19,20)/b18-11-. The quantitative estimate of drug-likeness (QED) is 0.679. The molecular weight excluding hydrogens is 282 g/mol. The molecular formula is C16H17N3O3. The summed E-state index contributed by atoms with van der Waals surface area (Å²) in [6.45, 7) is 1.77. The molecule has 6 nitrogen and oxygen atoms in total. The van der Waals surface area contributed by atoms with Gasteiger partial charge in [-0.1, -0.05) is 6.07 Å². The van der Waals surface area contributed by atoms with Crippen molar-refractivity contribution in [1.29, 1.82) is 0 Å². The summed E-state index contributed by atoms with van der Waals surface area (Å²) in [5.74, 6) is 0.720. The number of hydrogen-bond acceptors (Lipinski definition) is 5. The van der Waals surface area contributed by atoms with Gasteiger partial charge in [-0.05, 0) is 31.2 Å². The molecule has 0 bridgehead atoms. The molecule has 1 aromatic carbocycles. The number of nitrogens with one attached hydrogen (secondary N) is 1. The van der Waals surface area contributed by atoms with Crippen LogP contribution in [0.25, 0.3) is 0 Å². The van der Waals surface area contributed by atoms with Crippen molar-refractivity contribution in [3.8, 4) is 11.5 Å². The van der Waals surface area contributed by atoms with Crippen LogP contribution in [0.2, 0.25) is 0 Å². The minimum atomic E-state index is -0.354. The Morgan fingerprint density at radius 3 is 2.36 bits per heavy atom. The summed E-state index contributed by atoms with van der Waals surface area (Å²) in [6, 6.07) is 10.4. The number of nitrogens with zero attached hydrogens (tertiary/aromatic N) is 2. The molecule has 1 N–H and O–H groups in total. The Hall–Kier alpha value is -2.89. The lowest BCUT2D eigenvalue weighted by Crippen LogP contribution is -2.19. The van der Waals surface area contributed by atoms with Crippen molar-refractivity contribution in [1.82, 2.24) is 10.4 Å². The lowest BCUT2D eigenvalue weighted by molar-refractivity contribution is 0.0954. The number of rotatable bonds is 5. The average molecular weight is 299 g/mol. The highest BCUT2D eigenvalue weighted by Gasteiger charge is 2.09. The Bertz CT molecular complexity index is 662. The van der Waals surface area contributed by atoms with Crippen LogP contribution in [-0.4, -0.2) is 30.8 Å². The molecule has 1 heterocycles. The van der Waals surface area contributed by atoms with E-state index in [4.69, 9.17) is 9.47 Å². The van der Waals surface area contributed by atoms with Crippen molar-refractivity contribution < 1.29 is 14.3 Å². The zero-order valence-corrected chi connectivity index (χ0v) is 12.7. The predicted molar refractivity (Wildman–Crippen MR) is 83.5 cm³/mol. The van der Waals surface area contributed by atoms with Crippen molar-refractivity contribution in [2.24, 2.45) is 5.10 Å². The number of aromatic nitrogens is 1. The number of pyridine rings is 1. The van der Waals surface area contributed by atoms with Crippen molar-refractivity contribution in [3.63, 3.8) is 0 Å². The van der Waals surface area contributed by atoms with Gasteiger partial charge in [0, 0.05) is 17.8 Å². The van der Waals surface area contributed by atoms with Crippen LogP contribution in [0.4, 0.5) is 0 Å². The first-order chi connectivity index (χ1) is 10.6. The topological polar surface area (TPSA) is 72.8 Å². The first-order valence-corrected chi connectivity index (χ1v) is 6.63. The maximum Gasteiger partial charge on any atom is 0.271 e. The highest BCUT2D eigenvalue weighted by atomic mass is 16.5. The van der Waals surface area contributed by atoms with Gasteiger partial charge in [0.15, 0.2) is 0 Å². The third-order valence-electron chi connectivity index (χ3n) is 2.97. The summed E-state index contributed by atoms with van der Waals surface area (Å²) < 4.78 is 10.3. The zero-order chi connectivity index (χ0) is 15.9. The first-order valence-electron chi connectivity index (χ1n) is 6.63. The Kier molecular flexibility index (Phi) is 5.08. The molecule has 2 rings (SSSR count). The van der Waals surface area contributed by atoms with E-state index in [9.17, 15) is 4.79 Å². The van der Waals surface area contributed by atoms with Crippen LogP contribution < -0.4 is 14.9 Å². The van der Waals surface area contributed by atoms with E-state index in [1.54, 1.807) is 31.3 Å². The van der Waals surface area contributed by atoms with Gasteiger partial charge in [0.2, 0.25) is 0 Å². The Morgan fingerprint density at radius 1 is 1.14 bits per heavy atom. The van der Waals surface area contributed by atoms with E-state index in [2.05, 4.69) is 15.5 Å². The van der Waals surface area contributed by atoms with E-state index in [1.165, 1.54) is 14.2 Å². The lowest BCUT2D eigenvalue weighted by atomic mass is 10.2. The van der Waals surface area contributed by atoms with Gasteiger partial charge in [-0.3, -0.25) is 9.78 Å². The van der Waals surface area contributed by atoms with Gasteiger partial charge in [-0.25, -0.2) is 5.43 Å². The van der Waals surface area contributed by atoms with Crippen LogP contribution >= 0.6 is 0 Å². The molecule has 0 aliphatic rings. The zero-order valence-electron chi connectivity index (χ0n) is 12.7. The average Bonchev–Trinajstić information content (AvgIpc) is 2.59. The second-order valence-electron chi connectivity index (χ2n) is 4.45. The Balaban J connectivity index is 2.15. The number of benzene rings is 1. The van der Waals surface area contributed by atoms with Crippen LogP contribution in [0, 0.1) is 0 Å². The van der Waals surface area contributed by atoms with Gasteiger partial charge in [-0.2, -0.15) is 5.10 Å². The Morgan fingerprint density at radius 2 is 1.82 bits per heavy atom. The summed E-state index contributed by atoms with van der Waals surface area (Å²) in [5.41, 5.74) is 4.21. The molecule has 0 radical (unpaired) electrons. The van der Waals surface area contributed by atoms with Crippen molar-refractivity contribution in [2.45, 2.75) is 6.92 Å². The fourth-order valence-electron chi connectivity index (χ4n) is 1.77. The maximum absolute atomic E-state index is 12.2. The normalized spacial score (nSPS) is 11.0. The van der Waals surface area contributed by atoms with Crippen LogP contribution in [0.15, 0.2) is 47.7 Å². The summed E-state index contributed by atoms with van der Waals surface area (Å²) in [4.78, 5) is 16.3. The Labute approximate surface area is 128 Å². The lowest BCUT2D eigenvalue weighted by Gasteiger charge is -2.07. The number of hydrogen-bond donors (Lipinski definition) is 1. The number of carbonyl (C=O) groups is 1. The molecule has 0 spiro atoms. The van der Waals surface area contributed by atoms with Crippen molar-refractivity contribution in [3.05, 3.63) is 53.9 Å². The predicted octanol–water partition coefficient (Wildman–Crippen LogP) is 2.25. The van der Waals surface area contributed by atoms with Gasteiger partial charge < -0.3 is 9.47 Å². The monoisotopic (exact) mass is 299 g/mol. The molecule has 0 aliphatic heterocycles. The second-order valence-corrected chi connectivity index (χ2v) is 4.45. The van der Waals surface area contributed by atoms with E-state index in [0.29, 0.717) is 28.5 Å². The van der Waals surface area contributed by atoms with Crippen LogP contribution in [0.5, 0.6) is 11.5 Å². The number of methoxy groups -OCH3 is 2. The first kappa shape index (κ1) is 15.5. The summed E-state index contributed by atoms with van der Waals surface area (Å²) in [6.07, 6.45) is 1.67. The molecule has 114 valence electrons. The fourth-order valence-corrected chi connectivity index (χ4v) is 1.77. The molecule has 0 aliphatic carbocycles. The number of hydrazone groups is 1.